The maximum atomic E-state index is 14.0. The summed E-state index contributed by atoms with van der Waals surface area (Å²) in [6.45, 7) is 6.24. The smallest absolute Gasteiger partial charge is 0.409 e. The molecule has 4 fully saturated rings. The van der Waals surface area contributed by atoms with Gasteiger partial charge in [-0.2, -0.15) is 0 Å². The van der Waals surface area contributed by atoms with E-state index in [1.54, 1.807) is 0 Å². The summed E-state index contributed by atoms with van der Waals surface area (Å²) in [5.41, 5.74) is 0.278. The molecule has 8 heteroatoms. The largest absolute Gasteiger partial charge is 0.468 e. The second-order valence-corrected chi connectivity index (χ2v) is 9.27. The molecule has 0 radical (unpaired) electrons. The van der Waals surface area contributed by atoms with Gasteiger partial charge in [0, 0.05) is 38.1 Å². The highest BCUT2D eigenvalue weighted by molar-refractivity contribution is 5.76. The minimum absolute atomic E-state index is 0.175. The Morgan fingerprint density at radius 2 is 1.86 bits per heavy atom. The molecule has 3 saturated heterocycles. The standard InChI is InChI=1S/C21H34FN3O4/c1-3-29-20(27)24-9-6-21(14-24)11-17(12-21)23-7-4-16(5-8-23)25-13-15(22)10-18(25)19(26)28-2/h15-18H,3-14H2,1-2H3/t15-,17?,18-,21?/m1/s1. The zero-order chi connectivity index (χ0) is 20.6. The number of amides is 1. The van der Waals surface area contributed by atoms with Crippen LogP contribution in [0.3, 0.4) is 0 Å². The SMILES string of the molecule is CCOC(=O)N1CCC2(CC(N3CCC(N4C[C@H](F)C[C@@H]4C(=O)OC)CC3)C2)C1. The van der Waals surface area contributed by atoms with Crippen molar-refractivity contribution in [3.63, 3.8) is 0 Å². The molecule has 0 aromatic rings. The molecule has 0 bridgehead atoms. The lowest BCUT2D eigenvalue weighted by atomic mass is 9.64. The quantitative estimate of drug-likeness (QED) is 0.660. The van der Waals surface area contributed by atoms with Crippen molar-refractivity contribution in [3.05, 3.63) is 0 Å². The molecule has 1 amide bonds. The third-order valence-corrected chi connectivity index (χ3v) is 7.55. The molecule has 1 aliphatic carbocycles. The number of carbonyl (C=O) groups excluding carboxylic acids is 2. The van der Waals surface area contributed by atoms with Gasteiger partial charge in [-0.05, 0) is 57.5 Å². The Bertz CT molecular complexity index is 619. The Labute approximate surface area is 172 Å². The average Bonchev–Trinajstić information content (AvgIpc) is 3.31. The predicted octanol–water partition coefficient (Wildman–Crippen LogP) is 2.05. The van der Waals surface area contributed by atoms with Crippen LogP contribution in [0.1, 0.15) is 45.4 Å². The first-order valence-electron chi connectivity index (χ1n) is 11.1. The van der Waals surface area contributed by atoms with Gasteiger partial charge >= 0.3 is 12.1 Å². The van der Waals surface area contributed by atoms with E-state index in [0.29, 0.717) is 19.2 Å². The van der Waals surface area contributed by atoms with Gasteiger partial charge in [-0.25, -0.2) is 9.18 Å². The lowest BCUT2D eigenvalue weighted by molar-refractivity contribution is -0.147. The van der Waals surface area contributed by atoms with E-state index in [1.165, 1.54) is 7.11 Å². The summed E-state index contributed by atoms with van der Waals surface area (Å²) in [5.74, 6) is -0.305. The first-order valence-corrected chi connectivity index (χ1v) is 11.1. The predicted molar refractivity (Wildman–Crippen MR) is 105 cm³/mol. The number of hydrogen-bond acceptors (Lipinski definition) is 6. The summed E-state index contributed by atoms with van der Waals surface area (Å²) >= 11 is 0. The van der Waals surface area contributed by atoms with Gasteiger partial charge in [-0.3, -0.25) is 9.69 Å². The number of rotatable bonds is 4. The third kappa shape index (κ3) is 4.10. The highest BCUT2D eigenvalue weighted by Gasteiger charge is 2.52. The molecule has 1 spiro atoms. The molecule has 4 aliphatic rings. The minimum Gasteiger partial charge on any atom is -0.468 e. The molecule has 0 aromatic heterocycles. The zero-order valence-corrected chi connectivity index (χ0v) is 17.6. The summed E-state index contributed by atoms with van der Waals surface area (Å²) in [6, 6.07) is 0.420. The number of esters is 1. The fraction of sp³-hybridized carbons (Fsp3) is 0.905. The lowest BCUT2D eigenvalue weighted by Gasteiger charge is -2.52. The van der Waals surface area contributed by atoms with Crippen molar-refractivity contribution >= 4 is 12.1 Å². The van der Waals surface area contributed by atoms with Crippen LogP contribution in [-0.4, -0.2) is 97.5 Å². The zero-order valence-electron chi connectivity index (χ0n) is 17.6. The number of methoxy groups -OCH3 is 1. The normalized spacial score (nSPS) is 36.4. The maximum Gasteiger partial charge on any atom is 0.409 e. The Balaban J connectivity index is 1.24. The molecule has 1 saturated carbocycles. The Morgan fingerprint density at radius 1 is 1.14 bits per heavy atom. The molecule has 0 unspecified atom stereocenters. The van der Waals surface area contributed by atoms with Gasteiger partial charge in [-0.1, -0.05) is 0 Å². The first-order chi connectivity index (χ1) is 13.9. The van der Waals surface area contributed by atoms with E-state index in [9.17, 15) is 14.0 Å². The van der Waals surface area contributed by atoms with Crippen LogP contribution in [-0.2, 0) is 14.3 Å². The average molecular weight is 412 g/mol. The Morgan fingerprint density at radius 3 is 2.52 bits per heavy atom. The van der Waals surface area contributed by atoms with E-state index < -0.39 is 12.2 Å². The van der Waals surface area contributed by atoms with Crippen molar-refractivity contribution in [1.29, 1.82) is 0 Å². The van der Waals surface area contributed by atoms with E-state index in [0.717, 1.165) is 58.3 Å². The number of nitrogens with zero attached hydrogens (tertiary/aromatic N) is 3. The van der Waals surface area contributed by atoms with Gasteiger partial charge in [0.2, 0.25) is 0 Å². The van der Waals surface area contributed by atoms with E-state index in [1.807, 2.05) is 16.7 Å². The Kier molecular flexibility index (Phi) is 6.02. The molecule has 2 atom stereocenters. The van der Waals surface area contributed by atoms with Gasteiger partial charge in [-0.15, -0.1) is 0 Å². The molecule has 164 valence electrons. The van der Waals surface area contributed by atoms with Gasteiger partial charge in [0.05, 0.1) is 13.7 Å². The molecule has 4 rings (SSSR count). The maximum absolute atomic E-state index is 14.0. The number of ether oxygens (including phenoxy) is 2. The number of piperidine rings is 1. The Hall–Kier alpha value is -1.41. The number of halogens is 1. The van der Waals surface area contributed by atoms with Crippen LogP contribution < -0.4 is 0 Å². The highest BCUT2D eigenvalue weighted by Crippen LogP contribution is 2.50. The highest BCUT2D eigenvalue weighted by atomic mass is 19.1. The number of likely N-dealkylation sites (tertiary alicyclic amines) is 3. The van der Waals surface area contributed by atoms with Crippen LogP contribution in [0.15, 0.2) is 0 Å². The van der Waals surface area contributed by atoms with E-state index >= 15 is 0 Å². The minimum atomic E-state index is -0.937. The lowest BCUT2D eigenvalue weighted by Crippen LogP contribution is -2.56. The van der Waals surface area contributed by atoms with Crippen LogP contribution in [0, 0.1) is 5.41 Å². The number of alkyl halides is 1. The summed E-state index contributed by atoms with van der Waals surface area (Å²) in [4.78, 5) is 30.5. The van der Waals surface area contributed by atoms with Gasteiger partial charge in [0.15, 0.2) is 0 Å². The van der Waals surface area contributed by atoms with Crippen LogP contribution >= 0.6 is 0 Å². The van der Waals surface area contributed by atoms with Crippen molar-refractivity contribution in [2.45, 2.75) is 69.7 Å². The first kappa shape index (κ1) is 20.8. The van der Waals surface area contributed by atoms with Gasteiger partial charge in [0.1, 0.15) is 12.2 Å². The molecular formula is C21H34FN3O4. The summed E-state index contributed by atoms with van der Waals surface area (Å²) in [5, 5.41) is 0. The topological polar surface area (TPSA) is 62.3 Å². The van der Waals surface area contributed by atoms with Gasteiger partial charge in [0.25, 0.3) is 0 Å². The van der Waals surface area contributed by atoms with Gasteiger partial charge < -0.3 is 19.3 Å². The second kappa shape index (κ2) is 8.38. The van der Waals surface area contributed by atoms with Crippen molar-refractivity contribution in [1.82, 2.24) is 14.7 Å². The van der Waals surface area contributed by atoms with E-state index in [-0.39, 0.29) is 29.9 Å². The van der Waals surface area contributed by atoms with E-state index in [4.69, 9.17) is 9.47 Å². The molecule has 3 aliphatic heterocycles. The molecule has 0 aromatic carbocycles. The third-order valence-electron chi connectivity index (χ3n) is 7.55. The van der Waals surface area contributed by atoms with Crippen molar-refractivity contribution in [2.75, 3.05) is 46.4 Å². The molecule has 7 nitrogen and oxygen atoms in total. The van der Waals surface area contributed by atoms with Crippen LogP contribution in [0.4, 0.5) is 9.18 Å². The van der Waals surface area contributed by atoms with Crippen molar-refractivity contribution in [3.8, 4) is 0 Å². The van der Waals surface area contributed by atoms with Crippen molar-refractivity contribution < 1.29 is 23.5 Å². The number of carbonyl (C=O) groups is 2. The molecule has 3 heterocycles. The monoisotopic (exact) mass is 411 g/mol. The second-order valence-electron chi connectivity index (χ2n) is 9.27. The van der Waals surface area contributed by atoms with Crippen LogP contribution in [0.5, 0.6) is 0 Å². The molecular weight excluding hydrogens is 377 g/mol. The summed E-state index contributed by atoms with van der Waals surface area (Å²) < 4.78 is 24.0. The van der Waals surface area contributed by atoms with Crippen molar-refractivity contribution in [2.24, 2.45) is 5.41 Å². The molecule has 0 N–H and O–H groups in total. The van der Waals surface area contributed by atoms with Crippen LogP contribution in [0.25, 0.3) is 0 Å². The summed E-state index contributed by atoms with van der Waals surface area (Å²) in [6.07, 6.45) is 4.46. The van der Waals surface area contributed by atoms with Crippen LogP contribution in [0.2, 0.25) is 0 Å². The fourth-order valence-corrected chi connectivity index (χ4v) is 6.00. The summed E-state index contributed by atoms with van der Waals surface area (Å²) in [7, 11) is 1.38. The molecule has 29 heavy (non-hydrogen) atoms. The van der Waals surface area contributed by atoms with E-state index in [2.05, 4.69) is 4.90 Å². The number of hydrogen-bond donors (Lipinski definition) is 0. The fourth-order valence-electron chi connectivity index (χ4n) is 6.00.